The summed E-state index contributed by atoms with van der Waals surface area (Å²) in [6.45, 7) is 2.31. The van der Waals surface area contributed by atoms with E-state index in [1.54, 1.807) is 48.5 Å². The second-order valence-corrected chi connectivity index (χ2v) is 5.82. The maximum Gasteiger partial charge on any atom is 0.256 e. The third kappa shape index (κ3) is 3.21. The minimum absolute atomic E-state index is 0.0891. The largest absolute Gasteiger partial charge is 0.492 e. The summed E-state index contributed by atoms with van der Waals surface area (Å²) in [5, 5.41) is 3.64. The number of benzene rings is 2. The fourth-order valence-corrected chi connectivity index (χ4v) is 2.89. The molecule has 3 rings (SSSR count). The highest BCUT2D eigenvalue weighted by Gasteiger charge is 2.40. The standard InChI is InChI=1S/C18H17ClN2O3/c1-2-24-16-9-4-3-8-15(16)21-17(22)11-14(18(21)23)20-13-7-5-6-12(19)10-13/h3-10,14,20H,2,11H2,1H3. The molecule has 1 fully saturated rings. The summed E-state index contributed by atoms with van der Waals surface area (Å²) >= 11 is 5.96. The normalized spacial score (nSPS) is 17.2. The van der Waals surface area contributed by atoms with Crippen molar-refractivity contribution >= 4 is 34.8 Å². The van der Waals surface area contributed by atoms with E-state index in [9.17, 15) is 9.59 Å². The topological polar surface area (TPSA) is 58.6 Å². The Balaban J connectivity index is 1.84. The second kappa shape index (κ2) is 6.93. The van der Waals surface area contributed by atoms with Crippen molar-refractivity contribution < 1.29 is 14.3 Å². The van der Waals surface area contributed by atoms with Crippen LogP contribution in [0.4, 0.5) is 11.4 Å². The SMILES string of the molecule is CCOc1ccccc1N1C(=O)CC(Nc2cccc(Cl)c2)C1=O. The Morgan fingerprint density at radius 2 is 2.00 bits per heavy atom. The Morgan fingerprint density at radius 3 is 2.75 bits per heavy atom. The van der Waals surface area contributed by atoms with E-state index in [0.29, 0.717) is 28.8 Å². The van der Waals surface area contributed by atoms with Crippen molar-refractivity contribution in [2.24, 2.45) is 0 Å². The van der Waals surface area contributed by atoms with Gasteiger partial charge in [0.1, 0.15) is 11.8 Å². The Kier molecular flexibility index (Phi) is 4.71. The number of hydrogen-bond donors (Lipinski definition) is 1. The molecule has 0 spiro atoms. The summed E-state index contributed by atoms with van der Waals surface area (Å²) in [5.74, 6) is -0.0380. The Bertz CT molecular complexity index is 778. The van der Waals surface area contributed by atoms with E-state index in [1.807, 2.05) is 6.92 Å². The number of anilines is 2. The van der Waals surface area contributed by atoms with Crippen LogP contribution in [0.2, 0.25) is 5.02 Å². The molecule has 24 heavy (non-hydrogen) atoms. The lowest BCUT2D eigenvalue weighted by Gasteiger charge is -2.19. The van der Waals surface area contributed by atoms with Gasteiger partial charge in [-0.1, -0.05) is 29.8 Å². The Morgan fingerprint density at radius 1 is 1.21 bits per heavy atom. The van der Waals surface area contributed by atoms with Gasteiger partial charge < -0.3 is 10.1 Å². The fourth-order valence-electron chi connectivity index (χ4n) is 2.70. The van der Waals surface area contributed by atoms with Crippen LogP contribution >= 0.6 is 11.6 Å². The minimum atomic E-state index is -0.620. The highest BCUT2D eigenvalue weighted by molar-refractivity contribution is 6.30. The van der Waals surface area contributed by atoms with Gasteiger partial charge in [-0.3, -0.25) is 9.59 Å². The third-order valence-electron chi connectivity index (χ3n) is 3.72. The zero-order valence-electron chi connectivity index (χ0n) is 13.2. The number of carbonyl (C=O) groups excluding carboxylic acids is 2. The first-order valence-corrected chi connectivity index (χ1v) is 8.08. The smallest absolute Gasteiger partial charge is 0.256 e. The maximum atomic E-state index is 12.7. The van der Waals surface area contributed by atoms with Crippen molar-refractivity contribution in [1.29, 1.82) is 0 Å². The fraction of sp³-hybridized carbons (Fsp3) is 0.222. The average molecular weight is 345 g/mol. The third-order valence-corrected chi connectivity index (χ3v) is 3.95. The number of ether oxygens (including phenoxy) is 1. The molecule has 6 heteroatoms. The predicted molar refractivity (Wildman–Crippen MR) is 93.6 cm³/mol. The highest BCUT2D eigenvalue weighted by Crippen LogP contribution is 2.33. The van der Waals surface area contributed by atoms with Gasteiger partial charge in [0, 0.05) is 10.7 Å². The highest BCUT2D eigenvalue weighted by atomic mass is 35.5. The van der Waals surface area contributed by atoms with E-state index in [2.05, 4.69) is 5.32 Å². The molecule has 0 bridgehead atoms. The first kappa shape index (κ1) is 16.3. The Labute approximate surface area is 145 Å². The molecular formula is C18H17ClN2O3. The van der Waals surface area contributed by atoms with E-state index in [4.69, 9.17) is 16.3 Å². The molecule has 0 radical (unpaired) electrons. The first-order valence-electron chi connectivity index (χ1n) is 7.71. The van der Waals surface area contributed by atoms with Crippen LogP contribution in [0.5, 0.6) is 5.75 Å². The maximum absolute atomic E-state index is 12.7. The van der Waals surface area contributed by atoms with E-state index >= 15 is 0 Å². The molecule has 0 saturated carbocycles. The molecular weight excluding hydrogens is 328 g/mol. The summed E-state index contributed by atoms with van der Waals surface area (Å²) in [6.07, 6.45) is 0.0891. The molecule has 1 N–H and O–H groups in total. The van der Waals surface area contributed by atoms with Gasteiger partial charge in [0.15, 0.2) is 0 Å². The molecule has 1 saturated heterocycles. The van der Waals surface area contributed by atoms with Gasteiger partial charge >= 0.3 is 0 Å². The van der Waals surface area contributed by atoms with Crippen LogP contribution < -0.4 is 15.0 Å². The molecule has 0 aliphatic carbocycles. The number of imide groups is 1. The van der Waals surface area contributed by atoms with Crippen molar-refractivity contribution in [3.8, 4) is 5.75 Å². The van der Waals surface area contributed by atoms with E-state index < -0.39 is 6.04 Å². The zero-order chi connectivity index (χ0) is 17.1. The van der Waals surface area contributed by atoms with Gasteiger partial charge in [-0.2, -0.15) is 0 Å². The van der Waals surface area contributed by atoms with Gasteiger partial charge in [0.2, 0.25) is 5.91 Å². The average Bonchev–Trinajstić information content (AvgIpc) is 2.82. The van der Waals surface area contributed by atoms with E-state index in [-0.39, 0.29) is 18.2 Å². The molecule has 0 aromatic heterocycles. The van der Waals surface area contributed by atoms with Crippen LogP contribution in [-0.2, 0) is 9.59 Å². The van der Waals surface area contributed by atoms with Crippen molar-refractivity contribution in [2.75, 3.05) is 16.8 Å². The molecule has 1 atom stereocenters. The van der Waals surface area contributed by atoms with E-state index in [0.717, 1.165) is 0 Å². The Hall–Kier alpha value is -2.53. The van der Waals surface area contributed by atoms with Gasteiger partial charge in [0.25, 0.3) is 5.91 Å². The lowest BCUT2D eigenvalue weighted by atomic mass is 10.2. The summed E-state index contributed by atoms with van der Waals surface area (Å²) in [6, 6.07) is 13.5. The molecule has 2 amide bonds. The number of para-hydroxylation sites is 2. The van der Waals surface area contributed by atoms with Gasteiger partial charge in [-0.25, -0.2) is 4.90 Å². The molecule has 2 aromatic rings. The number of carbonyl (C=O) groups is 2. The summed E-state index contributed by atoms with van der Waals surface area (Å²) < 4.78 is 5.53. The van der Waals surface area contributed by atoms with E-state index in [1.165, 1.54) is 4.90 Å². The molecule has 5 nitrogen and oxygen atoms in total. The first-order chi connectivity index (χ1) is 11.6. The van der Waals surface area contributed by atoms with Crippen LogP contribution in [0.25, 0.3) is 0 Å². The number of hydrogen-bond acceptors (Lipinski definition) is 4. The lowest BCUT2D eigenvalue weighted by molar-refractivity contribution is -0.121. The number of rotatable bonds is 5. The summed E-state index contributed by atoms with van der Waals surface area (Å²) in [5.41, 5.74) is 1.18. The number of amides is 2. The zero-order valence-corrected chi connectivity index (χ0v) is 13.9. The van der Waals surface area contributed by atoms with Gasteiger partial charge in [0.05, 0.1) is 18.7 Å². The summed E-state index contributed by atoms with van der Waals surface area (Å²) in [7, 11) is 0. The number of halogens is 1. The van der Waals surface area contributed by atoms with Crippen LogP contribution in [0.1, 0.15) is 13.3 Å². The molecule has 1 heterocycles. The minimum Gasteiger partial charge on any atom is -0.492 e. The van der Waals surface area contributed by atoms with Crippen molar-refractivity contribution in [3.05, 3.63) is 53.6 Å². The molecule has 2 aromatic carbocycles. The van der Waals surface area contributed by atoms with Crippen LogP contribution in [0.3, 0.4) is 0 Å². The molecule has 1 aliphatic heterocycles. The predicted octanol–water partition coefficient (Wildman–Crippen LogP) is 3.48. The lowest BCUT2D eigenvalue weighted by Crippen LogP contribution is -2.35. The number of nitrogens with zero attached hydrogens (tertiary/aromatic N) is 1. The quantitative estimate of drug-likeness (QED) is 0.844. The second-order valence-electron chi connectivity index (χ2n) is 5.38. The van der Waals surface area contributed by atoms with Gasteiger partial charge in [-0.15, -0.1) is 0 Å². The van der Waals surface area contributed by atoms with Crippen molar-refractivity contribution in [1.82, 2.24) is 0 Å². The van der Waals surface area contributed by atoms with Crippen molar-refractivity contribution in [2.45, 2.75) is 19.4 Å². The van der Waals surface area contributed by atoms with Crippen molar-refractivity contribution in [3.63, 3.8) is 0 Å². The molecule has 1 unspecified atom stereocenters. The monoisotopic (exact) mass is 344 g/mol. The number of nitrogens with one attached hydrogen (secondary N) is 1. The van der Waals surface area contributed by atoms with Crippen LogP contribution in [0.15, 0.2) is 48.5 Å². The van der Waals surface area contributed by atoms with Crippen LogP contribution in [-0.4, -0.2) is 24.5 Å². The van der Waals surface area contributed by atoms with Crippen LogP contribution in [0, 0.1) is 0 Å². The molecule has 124 valence electrons. The summed E-state index contributed by atoms with van der Waals surface area (Å²) in [4.78, 5) is 26.3. The van der Waals surface area contributed by atoms with Gasteiger partial charge in [-0.05, 0) is 37.3 Å². The molecule has 1 aliphatic rings.